The standard InChI is InChI=1S/C15H19BrFN7O2S/c16-11-7-10(3-4-12(11)17)21-15(22-25)13-14(24-26-23-13)20-5-6-27(18,19)8-9-1-2-9/h3-4,7,9,18-19,25H,1-2,5-6,8H2,(H,20,24)(H,21,22). The van der Waals surface area contributed by atoms with Crippen LogP contribution < -0.4 is 10.6 Å². The number of benzene rings is 1. The number of anilines is 2. The fraction of sp³-hybridized carbons (Fsp3) is 0.400. The van der Waals surface area contributed by atoms with E-state index in [9.17, 15) is 9.60 Å². The molecule has 1 aromatic carbocycles. The summed E-state index contributed by atoms with van der Waals surface area (Å²) in [5.41, 5.74) is 0.603. The Morgan fingerprint density at radius 2 is 2.19 bits per heavy atom. The summed E-state index contributed by atoms with van der Waals surface area (Å²) < 4.78 is 34.6. The van der Waals surface area contributed by atoms with Crippen LogP contribution in [0.4, 0.5) is 15.9 Å². The number of hydrogen-bond acceptors (Lipinski definition) is 8. The monoisotopic (exact) mass is 459 g/mol. The van der Waals surface area contributed by atoms with Crippen LogP contribution in [0.3, 0.4) is 0 Å². The van der Waals surface area contributed by atoms with Gasteiger partial charge in [-0.15, -0.1) is 0 Å². The number of aromatic nitrogens is 2. The van der Waals surface area contributed by atoms with Gasteiger partial charge < -0.3 is 15.8 Å². The second kappa shape index (κ2) is 8.21. The molecular formula is C15H19BrFN7O2S. The Labute approximate surface area is 163 Å². The highest BCUT2D eigenvalue weighted by Gasteiger charge is 2.24. The van der Waals surface area contributed by atoms with Crippen molar-refractivity contribution in [3.05, 3.63) is 34.2 Å². The maximum atomic E-state index is 13.3. The van der Waals surface area contributed by atoms with Gasteiger partial charge in [-0.05, 0) is 63.2 Å². The molecule has 2 aromatic rings. The molecule has 9 nitrogen and oxygen atoms in total. The minimum atomic E-state index is -2.14. The molecule has 0 saturated heterocycles. The van der Waals surface area contributed by atoms with Crippen molar-refractivity contribution >= 4 is 42.9 Å². The van der Waals surface area contributed by atoms with Crippen molar-refractivity contribution < 1.29 is 14.2 Å². The molecule has 0 bridgehead atoms. The average molecular weight is 460 g/mol. The molecule has 1 aliphatic carbocycles. The summed E-state index contributed by atoms with van der Waals surface area (Å²) in [7, 11) is -2.14. The van der Waals surface area contributed by atoms with Crippen molar-refractivity contribution in [3.8, 4) is 0 Å². The average Bonchev–Trinajstić information content (AvgIpc) is 3.29. The van der Waals surface area contributed by atoms with E-state index in [1.165, 1.54) is 18.2 Å². The summed E-state index contributed by atoms with van der Waals surface area (Å²) in [6.07, 6.45) is 2.25. The van der Waals surface area contributed by atoms with E-state index in [1.807, 2.05) is 0 Å². The van der Waals surface area contributed by atoms with Crippen molar-refractivity contribution in [2.75, 3.05) is 28.7 Å². The van der Waals surface area contributed by atoms with Crippen LogP contribution in [0.1, 0.15) is 18.5 Å². The maximum absolute atomic E-state index is 13.3. The van der Waals surface area contributed by atoms with Gasteiger partial charge in [-0.3, -0.25) is 9.56 Å². The Morgan fingerprint density at radius 3 is 2.85 bits per heavy atom. The molecule has 1 saturated carbocycles. The summed E-state index contributed by atoms with van der Waals surface area (Å²) in [6, 6.07) is 4.21. The molecule has 1 heterocycles. The molecule has 1 aromatic heterocycles. The largest absolute Gasteiger partial charge is 0.409 e. The predicted octanol–water partition coefficient (Wildman–Crippen LogP) is 3.72. The first kappa shape index (κ1) is 19.5. The van der Waals surface area contributed by atoms with Gasteiger partial charge in [0.2, 0.25) is 11.7 Å². The smallest absolute Gasteiger partial charge is 0.203 e. The number of rotatable bonds is 8. The van der Waals surface area contributed by atoms with E-state index >= 15 is 0 Å². The van der Waals surface area contributed by atoms with Crippen LogP contribution in [0, 0.1) is 21.3 Å². The number of hydrogen-bond donors (Lipinski definition) is 5. The highest BCUT2D eigenvalue weighted by Crippen LogP contribution is 2.30. The SMILES string of the molecule is N=S(=N)(CCNc1nonc1/C(=N/O)Nc1ccc(F)c(Br)c1)CC1CC1. The zero-order valence-electron chi connectivity index (χ0n) is 14.2. The second-order valence-electron chi connectivity index (χ2n) is 6.29. The van der Waals surface area contributed by atoms with Crippen LogP contribution in [0.25, 0.3) is 0 Å². The van der Waals surface area contributed by atoms with Crippen molar-refractivity contribution in [1.29, 1.82) is 9.56 Å². The van der Waals surface area contributed by atoms with Crippen molar-refractivity contribution in [3.63, 3.8) is 0 Å². The number of oxime groups is 1. The lowest BCUT2D eigenvalue weighted by molar-refractivity contribution is 0.305. The highest BCUT2D eigenvalue weighted by molar-refractivity contribution is 9.10. The van der Waals surface area contributed by atoms with E-state index in [2.05, 4.69) is 42.0 Å². The van der Waals surface area contributed by atoms with Crippen LogP contribution in [0.15, 0.2) is 32.5 Å². The first-order valence-corrected chi connectivity index (χ1v) is 10.9. The second-order valence-corrected chi connectivity index (χ2v) is 9.65. The molecule has 0 aliphatic heterocycles. The molecule has 0 unspecified atom stereocenters. The molecule has 0 radical (unpaired) electrons. The lowest BCUT2D eigenvalue weighted by Gasteiger charge is -2.11. The topological polar surface area (TPSA) is 143 Å². The van der Waals surface area contributed by atoms with Crippen molar-refractivity contribution in [2.24, 2.45) is 11.1 Å². The van der Waals surface area contributed by atoms with E-state index in [0.717, 1.165) is 12.8 Å². The van der Waals surface area contributed by atoms with Gasteiger partial charge >= 0.3 is 0 Å². The van der Waals surface area contributed by atoms with E-state index < -0.39 is 15.4 Å². The van der Waals surface area contributed by atoms with Crippen LogP contribution >= 0.6 is 15.9 Å². The fourth-order valence-corrected chi connectivity index (χ4v) is 4.55. The van der Waals surface area contributed by atoms with Crippen LogP contribution in [0.5, 0.6) is 0 Å². The number of halogens is 2. The molecule has 0 atom stereocenters. The lowest BCUT2D eigenvalue weighted by Crippen LogP contribution is -2.20. The summed E-state index contributed by atoms with van der Waals surface area (Å²) in [4.78, 5) is 0. The Bertz CT molecular complexity index is 943. The van der Waals surface area contributed by atoms with Gasteiger partial charge in [-0.1, -0.05) is 14.8 Å². The molecule has 1 aliphatic rings. The van der Waals surface area contributed by atoms with Gasteiger partial charge in [0.25, 0.3) is 0 Å². The predicted molar refractivity (Wildman–Crippen MR) is 104 cm³/mol. The van der Waals surface area contributed by atoms with E-state index in [4.69, 9.17) is 14.2 Å². The van der Waals surface area contributed by atoms with Crippen molar-refractivity contribution in [2.45, 2.75) is 12.8 Å². The summed E-state index contributed by atoms with van der Waals surface area (Å²) in [5.74, 6) is 1.34. The summed E-state index contributed by atoms with van der Waals surface area (Å²) >= 11 is 3.09. The molecule has 3 rings (SSSR count). The third-order valence-electron chi connectivity index (χ3n) is 3.96. The number of amidine groups is 1. The molecule has 0 spiro atoms. The quantitative estimate of drug-likeness (QED) is 0.176. The van der Waals surface area contributed by atoms with E-state index in [0.29, 0.717) is 29.7 Å². The third-order valence-corrected chi connectivity index (χ3v) is 6.50. The minimum absolute atomic E-state index is 0.0365. The van der Waals surface area contributed by atoms with Gasteiger partial charge in [0.1, 0.15) is 5.82 Å². The molecule has 5 N–H and O–H groups in total. The van der Waals surface area contributed by atoms with Crippen LogP contribution in [-0.4, -0.2) is 39.4 Å². The number of nitrogens with one attached hydrogen (secondary N) is 4. The molecule has 12 heteroatoms. The molecule has 27 heavy (non-hydrogen) atoms. The first-order chi connectivity index (χ1) is 12.9. The Morgan fingerprint density at radius 1 is 1.41 bits per heavy atom. The van der Waals surface area contributed by atoms with Crippen LogP contribution in [0.2, 0.25) is 0 Å². The zero-order valence-corrected chi connectivity index (χ0v) is 16.6. The first-order valence-electron chi connectivity index (χ1n) is 8.17. The van der Waals surface area contributed by atoms with Gasteiger partial charge in [0.15, 0.2) is 5.69 Å². The lowest BCUT2D eigenvalue weighted by atomic mass is 10.3. The normalized spacial score (nSPS) is 15.0. The third kappa shape index (κ3) is 5.39. The Balaban J connectivity index is 1.64. The van der Waals surface area contributed by atoms with Crippen molar-refractivity contribution in [1.82, 2.24) is 10.3 Å². The van der Waals surface area contributed by atoms with Gasteiger partial charge in [0, 0.05) is 23.7 Å². The molecular weight excluding hydrogens is 441 g/mol. The Hall–Kier alpha value is -2.21. The van der Waals surface area contributed by atoms with Gasteiger partial charge in [0.05, 0.1) is 4.47 Å². The zero-order chi connectivity index (χ0) is 19.4. The minimum Gasteiger partial charge on any atom is -0.409 e. The Kier molecular flexibility index (Phi) is 5.95. The fourth-order valence-electron chi connectivity index (χ4n) is 2.42. The van der Waals surface area contributed by atoms with E-state index in [1.54, 1.807) is 0 Å². The molecule has 146 valence electrons. The summed E-state index contributed by atoms with van der Waals surface area (Å²) in [6.45, 7) is 0.358. The summed E-state index contributed by atoms with van der Waals surface area (Å²) in [5, 5.41) is 25.7. The van der Waals surface area contributed by atoms with E-state index in [-0.39, 0.29) is 21.8 Å². The highest BCUT2D eigenvalue weighted by atomic mass is 79.9. The van der Waals surface area contributed by atoms with Gasteiger partial charge in [-0.2, -0.15) is 0 Å². The maximum Gasteiger partial charge on any atom is 0.203 e. The van der Waals surface area contributed by atoms with Gasteiger partial charge in [-0.25, -0.2) is 9.02 Å². The number of nitrogens with zero attached hydrogens (tertiary/aromatic N) is 3. The molecule has 1 fully saturated rings. The molecule has 0 amide bonds. The van der Waals surface area contributed by atoms with Crippen LogP contribution in [-0.2, 0) is 9.62 Å².